The van der Waals surface area contributed by atoms with E-state index in [1.807, 2.05) is 13.8 Å². The van der Waals surface area contributed by atoms with E-state index in [1.165, 1.54) is 0 Å². The molecule has 1 heterocycles. The molecule has 0 aliphatic rings. The highest BCUT2D eigenvalue weighted by Crippen LogP contribution is 2.07. The molecular formula is C10H17N3OS. The first kappa shape index (κ1) is 12.1. The second-order valence-electron chi connectivity index (χ2n) is 3.37. The van der Waals surface area contributed by atoms with Crippen molar-refractivity contribution in [3.8, 4) is 0 Å². The second-order valence-corrected chi connectivity index (χ2v) is 3.78. The summed E-state index contributed by atoms with van der Waals surface area (Å²) in [4.78, 5) is 7.30. The van der Waals surface area contributed by atoms with Crippen LogP contribution in [0.4, 0.5) is 5.82 Å². The smallest absolute Gasteiger partial charge is 0.131 e. The van der Waals surface area contributed by atoms with Crippen molar-refractivity contribution >= 4 is 18.0 Å². The fraction of sp³-hybridized carbons (Fsp3) is 0.600. The van der Waals surface area contributed by atoms with Gasteiger partial charge in [-0.3, -0.25) is 0 Å². The summed E-state index contributed by atoms with van der Waals surface area (Å²) < 4.78 is 0.570. The van der Waals surface area contributed by atoms with E-state index >= 15 is 0 Å². The minimum atomic E-state index is 0.0581. The summed E-state index contributed by atoms with van der Waals surface area (Å²) in [6, 6.07) is 1.83. The molecular weight excluding hydrogens is 210 g/mol. The van der Waals surface area contributed by atoms with Gasteiger partial charge in [0.25, 0.3) is 0 Å². The molecule has 1 atom stereocenters. The van der Waals surface area contributed by atoms with Gasteiger partial charge in [0.1, 0.15) is 16.3 Å². The average Bonchev–Trinajstić information content (AvgIpc) is 2.25. The van der Waals surface area contributed by atoms with Crippen molar-refractivity contribution in [2.45, 2.75) is 32.7 Å². The standard InChI is InChI=1S/C10H17N3OS/c1-3-7(6-14)11-9-5-10(15)13-8(4-2)12-9/h5,7,14H,3-4,6H2,1-2H3,(H2,11,12,13,15). The lowest BCUT2D eigenvalue weighted by Crippen LogP contribution is -2.23. The van der Waals surface area contributed by atoms with Crippen LogP contribution in [0.3, 0.4) is 0 Å². The lowest BCUT2D eigenvalue weighted by Gasteiger charge is -2.15. The first-order valence-corrected chi connectivity index (χ1v) is 5.58. The summed E-state index contributed by atoms with van der Waals surface area (Å²) in [6.07, 6.45) is 1.68. The van der Waals surface area contributed by atoms with E-state index in [0.29, 0.717) is 4.64 Å². The molecule has 0 aromatic carbocycles. The Kier molecular flexibility index (Phi) is 4.71. The molecule has 84 valence electrons. The molecule has 1 rings (SSSR count). The number of hydrogen-bond donors (Lipinski definition) is 3. The van der Waals surface area contributed by atoms with Crippen molar-refractivity contribution in [2.75, 3.05) is 11.9 Å². The number of aliphatic hydroxyl groups is 1. The molecule has 0 saturated heterocycles. The van der Waals surface area contributed by atoms with Gasteiger partial charge in [0.15, 0.2) is 0 Å². The SMILES string of the molecule is CCc1nc(=S)cc(NC(CC)CO)[nH]1. The van der Waals surface area contributed by atoms with E-state index in [-0.39, 0.29) is 12.6 Å². The normalized spacial score (nSPS) is 12.5. The van der Waals surface area contributed by atoms with E-state index in [9.17, 15) is 0 Å². The van der Waals surface area contributed by atoms with Gasteiger partial charge in [0.05, 0.1) is 12.6 Å². The molecule has 3 N–H and O–H groups in total. The van der Waals surface area contributed by atoms with Gasteiger partial charge in [-0.05, 0) is 6.42 Å². The molecule has 0 fully saturated rings. The third kappa shape index (κ3) is 3.60. The molecule has 0 saturated carbocycles. The number of aryl methyl sites for hydroxylation is 1. The number of nitrogens with zero attached hydrogens (tertiary/aromatic N) is 1. The molecule has 0 amide bonds. The molecule has 0 radical (unpaired) electrons. The molecule has 5 heteroatoms. The van der Waals surface area contributed by atoms with Crippen molar-refractivity contribution in [1.82, 2.24) is 9.97 Å². The van der Waals surface area contributed by atoms with Crippen LogP contribution in [0.5, 0.6) is 0 Å². The fourth-order valence-corrected chi connectivity index (χ4v) is 1.48. The van der Waals surface area contributed by atoms with Gasteiger partial charge in [0, 0.05) is 12.5 Å². The van der Waals surface area contributed by atoms with Gasteiger partial charge in [-0.15, -0.1) is 0 Å². The van der Waals surface area contributed by atoms with Crippen LogP contribution < -0.4 is 5.32 Å². The Morgan fingerprint density at radius 2 is 2.33 bits per heavy atom. The minimum Gasteiger partial charge on any atom is -0.394 e. The van der Waals surface area contributed by atoms with Gasteiger partial charge in [0.2, 0.25) is 0 Å². The molecule has 1 aromatic heterocycles. The molecule has 4 nitrogen and oxygen atoms in total. The number of aliphatic hydroxyl groups excluding tert-OH is 1. The Morgan fingerprint density at radius 3 is 2.87 bits per heavy atom. The maximum atomic E-state index is 9.07. The zero-order chi connectivity index (χ0) is 11.3. The number of rotatable bonds is 5. The first-order chi connectivity index (χ1) is 7.19. The molecule has 1 unspecified atom stereocenters. The topological polar surface area (TPSA) is 60.9 Å². The maximum absolute atomic E-state index is 9.07. The molecule has 0 aliphatic carbocycles. The lowest BCUT2D eigenvalue weighted by molar-refractivity contribution is 0.271. The summed E-state index contributed by atoms with van der Waals surface area (Å²) in [5.74, 6) is 1.69. The second kappa shape index (κ2) is 5.82. The van der Waals surface area contributed by atoms with Gasteiger partial charge in [-0.25, -0.2) is 4.98 Å². The number of nitrogens with one attached hydrogen (secondary N) is 2. The Morgan fingerprint density at radius 1 is 1.60 bits per heavy atom. The Balaban J connectivity index is 2.84. The average molecular weight is 227 g/mol. The number of anilines is 1. The zero-order valence-electron chi connectivity index (χ0n) is 9.08. The van der Waals surface area contributed by atoms with Crippen LogP contribution in [-0.4, -0.2) is 27.7 Å². The van der Waals surface area contributed by atoms with E-state index in [1.54, 1.807) is 6.07 Å². The van der Waals surface area contributed by atoms with Crippen molar-refractivity contribution in [3.63, 3.8) is 0 Å². The van der Waals surface area contributed by atoms with Crippen LogP contribution in [-0.2, 0) is 6.42 Å². The highest BCUT2D eigenvalue weighted by atomic mass is 32.1. The van der Waals surface area contributed by atoms with Crippen LogP contribution in [0.2, 0.25) is 0 Å². The van der Waals surface area contributed by atoms with Crippen LogP contribution in [0, 0.1) is 4.64 Å². The summed E-state index contributed by atoms with van der Waals surface area (Å²) in [6.45, 7) is 4.14. The molecule has 1 aromatic rings. The summed E-state index contributed by atoms with van der Waals surface area (Å²) >= 11 is 5.05. The third-order valence-electron chi connectivity index (χ3n) is 2.20. The molecule has 0 bridgehead atoms. The van der Waals surface area contributed by atoms with Crippen LogP contribution in [0.1, 0.15) is 26.1 Å². The van der Waals surface area contributed by atoms with Crippen molar-refractivity contribution in [3.05, 3.63) is 16.5 Å². The predicted molar refractivity (Wildman–Crippen MR) is 63.6 cm³/mol. The summed E-state index contributed by atoms with van der Waals surface area (Å²) in [7, 11) is 0. The quantitative estimate of drug-likeness (QED) is 0.672. The molecule has 15 heavy (non-hydrogen) atoms. The third-order valence-corrected chi connectivity index (χ3v) is 2.41. The maximum Gasteiger partial charge on any atom is 0.131 e. The number of H-pyrrole nitrogens is 1. The summed E-state index contributed by atoms with van der Waals surface area (Å²) in [5.41, 5.74) is 0. The van der Waals surface area contributed by atoms with Gasteiger partial charge in [-0.2, -0.15) is 0 Å². The Bertz CT molecular complexity index is 360. The van der Waals surface area contributed by atoms with Crippen LogP contribution >= 0.6 is 12.2 Å². The monoisotopic (exact) mass is 227 g/mol. The van der Waals surface area contributed by atoms with Gasteiger partial charge in [-0.1, -0.05) is 26.1 Å². The molecule has 0 spiro atoms. The molecule has 0 aliphatic heterocycles. The van der Waals surface area contributed by atoms with E-state index in [4.69, 9.17) is 17.3 Å². The van der Waals surface area contributed by atoms with E-state index < -0.39 is 0 Å². The predicted octanol–water partition coefficient (Wildman–Crippen LogP) is 1.88. The van der Waals surface area contributed by atoms with Crippen molar-refractivity contribution in [1.29, 1.82) is 0 Å². The Hall–Kier alpha value is -0.940. The Labute approximate surface area is 94.8 Å². The van der Waals surface area contributed by atoms with Gasteiger partial charge < -0.3 is 15.4 Å². The van der Waals surface area contributed by atoms with Crippen molar-refractivity contribution in [2.24, 2.45) is 0 Å². The minimum absolute atomic E-state index is 0.0581. The first-order valence-electron chi connectivity index (χ1n) is 5.17. The lowest BCUT2D eigenvalue weighted by atomic mass is 10.2. The van der Waals surface area contributed by atoms with Crippen LogP contribution in [0.25, 0.3) is 0 Å². The highest BCUT2D eigenvalue weighted by Gasteiger charge is 2.05. The number of aromatic amines is 1. The largest absolute Gasteiger partial charge is 0.394 e. The summed E-state index contributed by atoms with van der Waals surface area (Å²) in [5, 5.41) is 12.2. The highest BCUT2D eigenvalue weighted by molar-refractivity contribution is 7.71. The van der Waals surface area contributed by atoms with Crippen LogP contribution in [0.15, 0.2) is 6.07 Å². The van der Waals surface area contributed by atoms with Gasteiger partial charge >= 0.3 is 0 Å². The van der Waals surface area contributed by atoms with E-state index in [2.05, 4.69) is 15.3 Å². The number of hydrogen-bond acceptors (Lipinski definition) is 4. The van der Waals surface area contributed by atoms with E-state index in [0.717, 1.165) is 24.5 Å². The fourth-order valence-electron chi connectivity index (χ4n) is 1.25. The zero-order valence-corrected chi connectivity index (χ0v) is 9.90. The van der Waals surface area contributed by atoms with Crippen molar-refractivity contribution < 1.29 is 5.11 Å². The number of aromatic nitrogens is 2.